The van der Waals surface area contributed by atoms with Crippen LogP contribution in [-0.4, -0.2) is 30.9 Å². The Morgan fingerprint density at radius 2 is 1.82 bits per heavy atom. The van der Waals surface area contributed by atoms with Gasteiger partial charge in [-0.1, -0.05) is 29.8 Å². The van der Waals surface area contributed by atoms with E-state index in [2.05, 4.69) is 5.32 Å². The molecule has 2 amide bonds. The van der Waals surface area contributed by atoms with Crippen molar-refractivity contribution in [3.8, 4) is 0 Å². The maximum absolute atomic E-state index is 12.3. The molecule has 3 rings (SSSR count). The van der Waals surface area contributed by atoms with Gasteiger partial charge in [-0.3, -0.25) is 14.4 Å². The largest absolute Gasteiger partial charge is 0.455 e. The van der Waals surface area contributed by atoms with E-state index in [1.807, 2.05) is 57.2 Å². The summed E-state index contributed by atoms with van der Waals surface area (Å²) in [5, 5.41) is 2.75. The van der Waals surface area contributed by atoms with Crippen molar-refractivity contribution in [1.82, 2.24) is 0 Å². The molecule has 1 heterocycles. The smallest absolute Gasteiger partial charge is 0.311 e. The van der Waals surface area contributed by atoms with Crippen LogP contribution in [-0.2, 0) is 19.1 Å². The third kappa shape index (κ3) is 4.39. The van der Waals surface area contributed by atoms with E-state index < -0.39 is 17.8 Å². The quantitative estimate of drug-likeness (QED) is 0.809. The molecule has 1 aliphatic heterocycles. The number of nitrogens with one attached hydrogen (secondary N) is 1. The highest BCUT2D eigenvalue weighted by Crippen LogP contribution is 2.26. The van der Waals surface area contributed by atoms with Gasteiger partial charge in [0.15, 0.2) is 6.61 Å². The summed E-state index contributed by atoms with van der Waals surface area (Å²) in [5.74, 6) is -1.62. The molecule has 2 aromatic carbocycles. The van der Waals surface area contributed by atoms with Crippen LogP contribution in [0.5, 0.6) is 0 Å². The third-order valence-electron chi connectivity index (χ3n) is 5.03. The molecule has 0 aliphatic carbocycles. The van der Waals surface area contributed by atoms with E-state index in [1.165, 1.54) is 0 Å². The standard InChI is InChI=1S/C22H24N2O4/c1-14-7-9-18(10-8-14)24-12-17(11-21(24)26)22(27)28-13-20(25)23-19-6-4-5-15(2)16(19)3/h4-10,17H,11-13H2,1-3H3,(H,23,25)/t17-/m0/s1. The number of aryl methyl sites for hydroxylation is 2. The van der Waals surface area contributed by atoms with Gasteiger partial charge in [0.25, 0.3) is 5.91 Å². The minimum Gasteiger partial charge on any atom is -0.455 e. The Morgan fingerprint density at radius 1 is 1.11 bits per heavy atom. The number of rotatable bonds is 5. The molecule has 6 heteroatoms. The van der Waals surface area contributed by atoms with Crippen molar-refractivity contribution in [2.75, 3.05) is 23.4 Å². The Kier molecular flexibility index (Phi) is 5.78. The lowest BCUT2D eigenvalue weighted by atomic mass is 10.1. The molecule has 2 aromatic rings. The van der Waals surface area contributed by atoms with Crippen LogP contribution >= 0.6 is 0 Å². The molecule has 1 atom stereocenters. The molecular weight excluding hydrogens is 356 g/mol. The number of esters is 1. The van der Waals surface area contributed by atoms with E-state index >= 15 is 0 Å². The second-order valence-corrected chi connectivity index (χ2v) is 7.14. The Morgan fingerprint density at radius 3 is 2.54 bits per heavy atom. The van der Waals surface area contributed by atoms with Crippen molar-refractivity contribution >= 4 is 29.2 Å². The predicted octanol–water partition coefficient (Wildman–Crippen LogP) is 3.15. The minimum atomic E-state index is -0.567. The number of benzene rings is 2. The Bertz CT molecular complexity index is 905. The van der Waals surface area contributed by atoms with Gasteiger partial charge in [-0.15, -0.1) is 0 Å². The molecule has 0 unspecified atom stereocenters. The van der Waals surface area contributed by atoms with Crippen LogP contribution in [0.3, 0.4) is 0 Å². The van der Waals surface area contributed by atoms with Crippen LogP contribution in [0, 0.1) is 26.7 Å². The van der Waals surface area contributed by atoms with E-state index in [1.54, 1.807) is 11.0 Å². The number of carbonyl (C=O) groups is 3. The van der Waals surface area contributed by atoms with Gasteiger partial charge in [-0.05, 0) is 50.1 Å². The number of amides is 2. The topological polar surface area (TPSA) is 75.7 Å². The summed E-state index contributed by atoms with van der Waals surface area (Å²) >= 11 is 0. The summed E-state index contributed by atoms with van der Waals surface area (Å²) < 4.78 is 5.15. The van der Waals surface area contributed by atoms with Gasteiger partial charge >= 0.3 is 5.97 Å². The number of hydrogen-bond donors (Lipinski definition) is 1. The summed E-state index contributed by atoms with van der Waals surface area (Å²) in [6.07, 6.45) is 0.0886. The molecule has 6 nitrogen and oxygen atoms in total. The van der Waals surface area contributed by atoms with E-state index in [9.17, 15) is 14.4 Å². The zero-order chi connectivity index (χ0) is 20.3. The van der Waals surface area contributed by atoms with Crippen LogP contribution < -0.4 is 10.2 Å². The third-order valence-corrected chi connectivity index (χ3v) is 5.03. The Labute approximate surface area is 164 Å². The highest BCUT2D eigenvalue weighted by atomic mass is 16.5. The molecule has 1 aliphatic rings. The summed E-state index contributed by atoms with van der Waals surface area (Å²) in [5.41, 5.74) is 4.59. The van der Waals surface area contributed by atoms with E-state index in [0.717, 1.165) is 22.4 Å². The van der Waals surface area contributed by atoms with E-state index in [0.29, 0.717) is 5.69 Å². The zero-order valence-corrected chi connectivity index (χ0v) is 16.3. The molecular formula is C22H24N2O4. The lowest BCUT2D eigenvalue weighted by molar-refractivity contribution is -0.151. The maximum atomic E-state index is 12.3. The highest BCUT2D eigenvalue weighted by Gasteiger charge is 2.36. The first-order chi connectivity index (χ1) is 13.3. The number of anilines is 2. The van der Waals surface area contributed by atoms with Gasteiger partial charge in [-0.25, -0.2) is 0 Å². The number of hydrogen-bond acceptors (Lipinski definition) is 4. The van der Waals surface area contributed by atoms with Gasteiger partial charge < -0.3 is 15.0 Å². The lowest BCUT2D eigenvalue weighted by Crippen LogP contribution is -2.28. The average molecular weight is 380 g/mol. The van der Waals surface area contributed by atoms with Gasteiger partial charge in [0, 0.05) is 24.3 Å². The predicted molar refractivity (Wildman–Crippen MR) is 107 cm³/mol. The second-order valence-electron chi connectivity index (χ2n) is 7.14. The first-order valence-corrected chi connectivity index (χ1v) is 9.25. The number of carbonyl (C=O) groups excluding carboxylic acids is 3. The Balaban J connectivity index is 1.53. The maximum Gasteiger partial charge on any atom is 0.311 e. The molecule has 28 heavy (non-hydrogen) atoms. The second kappa shape index (κ2) is 8.25. The van der Waals surface area contributed by atoms with Crippen molar-refractivity contribution in [2.24, 2.45) is 5.92 Å². The van der Waals surface area contributed by atoms with Crippen molar-refractivity contribution in [1.29, 1.82) is 0 Å². The van der Waals surface area contributed by atoms with E-state index in [-0.39, 0.29) is 25.5 Å². The molecule has 1 saturated heterocycles. The molecule has 1 N–H and O–H groups in total. The number of nitrogens with zero attached hydrogens (tertiary/aromatic N) is 1. The van der Waals surface area contributed by atoms with Gasteiger partial charge in [0.2, 0.25) is 5.91 Å². The van der Waals surface area contributed by atoms with Gasteiger partial charge in [-0.2, -0.15) is 0 Å². The van der Waals surface area contributed by atoms with Crippen molar-refractivity contribution in [3.05, 3.63) is 59.2 Å². The monoisotopic (exact) mass is 380 g/mol. The zero-order valence-electron chi connectivity index (χ0n) is 16.3. The Hall–Kier alpha value is -3.15. The number of ether oxygens (including phenoxy) is 1. The van der Waals surface area contributed by atoms with Crippen molar-refractivity contribution in [2.45, 2.75) is 27.2 Å². The van der Waals surface area contributed by atoms with Crippen molar-refractivity contribution < 1.29 is 19.1 Å². The van der Waals surface area contributed by atoms with Crippen molar-refractivity contribution in [3.63, 3.8) is 0 Å². The van der Waals surface area contributed by atoms with Crippen LogP contribution in [0.2, 0.25) is 0 Å². The first-order valence-electron chi connectivity index (χ1n) is 9.25. The fourth-order valence-electron chi connectivity index (χ4n) is 3.17. The molecule has 146 valence electrons. The molecule has 0 spiro atoms. The molecule has 0 bridgehead atoms. The molecule has 0 saturated carbocycles. The SMILES string of the molecule is Cc1ccc(N2C[C@@H](C(=O)OCC(=O)Nc3cccc(C)c3C)CC2=O)cc1. The first kappa shape index (κ1) is 19.6. The molecule has 0 radical (unpaired) electrons. The lowest BCUT2D eigenvalue weighted by Gasteiger charge is -2.16. The van der Waals surface area contributed by atoms with Crippen LogP contribution in [0.4, 0.5) is 11.4 Å². The minimum absolute atomic E-state index is 0.0886. The van der Waals surface area contributed by atoms with Gasteiger partial charge in [0.05, 0.1) is 5.92 Å². The van der Waals surface area contributed by atoms with Crippen LogP contribution in [0.1, 0.15) is 23.1 Å². The van der Waals surface area contributed by atoms with E-state index in [4.69, 9.17) is 4.74 Å². The van der Waals surface area contributed by atoms with Gasteiger partial charge in [0.1, 0.15) is 0 Å². The normalized spacial score (nSPS) is 16.2. The summed E-state index contributed by atoms with van der Waals surface area (Å²) in [7, 11) is 0. The average Bonchev–Trinajstić information content (AvgIpc) is 3.06. The summed E-state index contributed by atoms with van der Waals surface area (Å²) in [6, 6.07) is 13.2. The highest BCUT2D eigenvalue weighted by molar-refractivity contribution is 6.00. The summed E-state index contributed by atoms with van der Waals surface area (Å²) in [6.45, 7) is 5.74. The molecule has 1 fully saturated rings. The van der Waals surface area contributed by atoms with Crippen LogP contribution in [0.25, 0.3) is 0 Å². The molecule has 0 aromatic heterocycles. The fraction of sp³-hybridized carbons (Fsp3) is 0.318. The summed E-state index contributed by atoms with van der Waals surface area (Å²) in [4.78, 5) is 38.3. The van der Waals surface area contributed by atoms with Crippen LogP contribution in [0.15, 0.2) is 42.5 Å². The fourth-order valence-corrected chi connectivity index (χ4v) is 3.17.